The topological polar surface area (TPSA) is 59.1 Å². The van der Waals surface area contributed by atoms with Crippen LogP contribution in [0.2, 0.25) is 0 Å². The van der Waals surface area contributed by atoms with Gasteiger partial charge in [-0.25, -0.2) is 9.97 Å². The molecule has 1 fully saturated rings. The zero-order valence-corrected chi connectivity index (χ0v) is 11.4. The van der Waals surface area contributed by atoms with Crippen LogP contribution in [0.4, 0.5) is 11.6 Å². The molecule has 2 rings (SSSR count). The van der Waals surface area contributed by atoms with Gasteiger partial charge in [-0.2, -0.15) is 0 Å². The molecule has 0 spiro atoms. The molecule has 2 N–H and O–H groups in total. The number of hydrogen-bond acceptors (Lipinski definition) is 5. The largest absolute Gasteiger partial charge is 0.379 e. The molecule has 0 radical (unpaired) electrons. The van der Waals surface area contributed by atoms with Crippen LogP contribution < -0.4 is 10.6 Å². The Kier molecular flexibility index (Phi) is 4.01. The summed E-state index contributed by atoms with van der Waals surface area (Å²) < 4.78 is 5.45. The predicted molar refractivity (Wildman–Crippen MR) is 73.0 cm³/mol. The SMILES string of the molecule is CCCNc1ncnc(NC2(C)CCOC2)c1C. The molecule has 2 heterocycles. The van der Waals surface area contributed by atoms with Crippen molar-refractivity contribution >= 4 is 11.6 Å². The lowest BCUT2D eigenvalue weighted by Crippen LogP contribution is -2.35. The molecule has 5 nitrogen and oxygen atoms in total. The Morgan fingerprint density at radius 3 is 2.83 bits per heavy atom. The van der Waals surface area contributed by atoms with Crippen molar-refractivity contribution in [3.05, 3.63) is 11.9 Å². The molecular weight excluding hydrogens is 228 g/mol. The van der Waals surface area contributed by atoms with Gasteiger partial charge in [0.05, 0.1) is 12.1 Å². The highest BCUT2D eigenvalue weighted by Crippen LogP contribution is 2.26. The van der Waals surface area contributed by atoms with Crippen LogP contribution >= 0.6 is 0 Å². The number of aromatic nitrogens is 2. The minimum Gasteiger partial charge on any atom is -0.379 e. The molecule has 1 saturated heterocycles. The maximum absolute atomic E-state index is 5.45. The maximum atomic E-state index is 5.45. The molecule has 1 aromatic rings. The van der Waals surface area contributed by atoms with E-state index in [2.05, 4.69) is 34.4 Å². The van der Waals surface area contributed by atoms with E-state index in [0.717, 1.165) is 49.8 Å². The summed E-state index contributed by atoms with van der Waals surface area (Å²) in [5.41, 5.74) is 1.06. The fourth-order valence-electron chi connectivity index (χ4n) is 2.05. The average molecular weight is 250 g/mol. The van der Waals surface area contributed by atoms with Crippen LogP contribution in [0.5, 0.6) is 0 Å². The molecular formula is C13H22N4O. The molecule has 1 atom stereocenters. The van der Waals surface area contributed by atoms with E-state index in [1.807, 2.05) is 6.92 Å². The first-order chi connectivity index (χ1) is 8.64. The van der Waals surface area contributed by atoms with Crippen LogP contribution in [0.3, 0.4) is 0 Å². The van der Waals surface area contributed by atoms with E-state index < -0.39 is 0 Å². The van der Waals surface area contributed by atoms with Crippen LogP contribution in [0.25, 0.3) is 0 Å². The Morgan fingerprint density at radius 1 is 1.39 bits per heavy atom. The molecule has 0 aromatic carbocycles. The monoisotopic (exact) mass is 250 g/mol. The smallest absolute Gasteiger partial charge is 0.134 e. The Labute approximate surface area is 108 Å². The molecule has 1 aliphatic heterocycles. The molecule has 1 unspecified atom stereocenters. The second-order valence-electron chi connectivity index (χ2n) is 5.11. The highest BCUT2D eigenvalue weighted by Gasteiger charge is 2.30. The number of anilines is 2. The molecule has 0 bridgehead atoms. The first-order valence-electron chi connectivity index (χ1n) is 6.56. The second kappa shape index (κ2) is 5.52. The van der Waals surface area contributed by atoms with E-state index in [9.17, 15) is 0 Å². The van der Waals surface area contributed by atoms with E-state index in [-0.39, 0.29) is 5.54 Å². The summed E-state index contributed by atoms with van der Waals surface area (Å²) >= 11 is 0. The first kappa shape index (κ1) is 13.1. The Bertz CT molecular complexity index is 402. The van der Waals surface area contributed by atoms with Crippen molar-refractivity contribution in [1.82, 2.24) is 9.97 Å². The van der Waals surface area contributed by atoms with Crippen molar-refractivity contribution in [1.29, 1.82) is 0 Å². The standard InChI is InChI=1S/C13H22N4O/c1-4-6-14-11-10(2)12(16-9-15-11)17-13(3)5-7-18-8-13/h9H,4-8H2,1-3H3,(H2,14,15,16,17). The van der Waals surface area contributed by atoms with Crippen molar-refractivity contribution in [2.45, 2.75) is 39.2 Å². The summed E-state index contributed by atoms with van der Waals surface area (Å²) in [7, 11) is 0. The number of nitrogens with zero attached hydrogens (tertiary/aromatic N) is 2. The number of rotatable bonds is 5. The number of nitrogens with one attached hydrogen (secondary N) is 2. The van der Waals surface area contributed by atoms with Crippen LogP contribution in [0, 0.1) is 6.92 Å². The fraction of sp³-hybridized carbons (Fsp3) is 0.692. The summed E-state index contributed by atoms with van der Waals surface area (Å²) in [5.74, 6) is 1.81. The molecule has 5 heteroatoms. The molecule has 0 aliphatic carbocycles. The van der Waals surface area contributed by atoms with E-state index in [0.29, 0.717) is 0 Å². The Morgan fingerprint density at radius 2 is 2.17 bits per heavy atom. The van der Waals surface area contributed by atoms with Gasteiger partial charge in [0.1, 0.15) is 18.0 Å². The van der Waals surface area contributed by atoms with Crippen LogP contribution in [0.15, 0.2) is 6.33 Å². The van der Waals surface area contributed by atoms with Gasteiger partial charge in [-0.05, 0) is 26.7 Å². The summed E-state index contributed by atoms with van der Waals surface area (Å²) in [5, 5.41) is 6.80. The van der Waals surface area contributed by atoms with Crippen molar-refractivity contribution in [3.63, 3.8) is 0 Å². The zero-order valence-electron chi connectivity index (χ0n) is 11.4. The predicted octanol–water partition coefficient (Wildman–Crippen LogP) is 2.20. The highest BCUT2D eigenvalue weighted by molar-refractivity contribution is 5.57. The third kappa shape index (κ3) is 2.90. The summed E-state index contributed by atoms with van der Waals surface area (Å²) in [6.45, 7) is 8.82. The van der Waals surface area contributed by atoms with E-state index in [4.69, 9.17) is 4.74 Å². The summed E-state index contributed by atoms with van der Waals surface area (Å²) in [6.07, 6.45) is 3.69. The Hall–Kier alpha value is -1.36. The van der Waals surface area contributed by atoms with Gasteiger partial charge < -0.3 is 15.4 Å². The third-order valence-electron chi connectivity index (χ3n) is 3.27. The van der Waals surface area contributed by atoms with Crippen LogP contribution in [-0.2, 0) is 4.74 Å². The van der Waals surface area contributed by atoms with Gasteiger partial charge in [0.25, 0.3) is 0 Å². The maximum Gasteiger partial charge on any atom is 0.134 e. The molecule has 1 aliphatic rings. The number of hydrogen-bond donors (Lipinski definition) is 2. The third-order valence-corrected chi connectivity index (χ3v) is 3.27. The quantitative estimate of drug-likeness (QED) is 0.839. The fourth-order valence-corrected chi connectivity index (χ4v) is 2.05. The minimum absolute atomic E-state index is 0.0128. The second-order valence-corrected chi connectivity index (χ2v) is 5.11. The molecule has 100 valence electrons. The van der Waals surface area contributed by atoms with Crippen molar-refractivity contribution in [2.75, 3.05) is 30.4 Å². The summed E-state index contributed by atoms with van der Waals surface area (Å²) in [6, 6.07) is 0. The van der Waals surface area contributed by atoms with Gasteiger partial charge in [-0.1, -0.05) is 6.92 Å². The van der Waals surface area contributed by atoms with Crippen molar-refractivity contribution < 1.29 is 4.74 Å². The van der Waals surface area contributed by atoms with Gasteiger partial charge in [0, 0.05) is 18.7 Å². The van der Waals surface area contributed by atoms with Gasteiger partial charge >= 0.3 is 0 Å². The lowest BCUT2D eigenvalue weighted by atomic mass is 10.0. The average Bonchev–Trinajstić information content (AvgIpc) is 2.77. The molecule has 0 amide bonds. The molecule has 1 aromatic heterocycles. The zero-order chi connectivity index (χ0) is 13.0. The summed E-state index contributed by atoms with van der Waals surface area (Å²) in [4.78, 5) is 8.62. The van der Waals surface area contributed by atoms with Gasteiger partial charge in [0.2, 0.25) is 0 Å². The van der Waals surface area contributed by atoms with E-state index in [1.54, 1.807) is 6.33 Å². The van der Waals surface area contributed by atoms with Crippen molar-refractivity contribution in [2.24, 2.45) is 0 Å². The normalized spacial score (nSPS) is 23.1. The van der Waals surface area contributed by atoms with Gasteiger partial charge in [-0.3, -0.25) is 0 Å². The van der Waals surface area contributed by atoms with Crippen LogP contribution in [-0.4, -0.2) is 35.3 Å². The van der Waals surface area contributed by atoms with Gasteiger partial charge in [-0.15, -0.1) is 0 Å². The Balaban J connectivity index is 2.12. The van der Waals surface area contributed by atoms with E-state index in [1.165, 1.54) is 0 Å². The lowest BCUT2D eigenvalue weighted by molar-refractivity contribution is 0.185. The highest BCUT2D eigenvalue weighted by atomic mass is 16.5. The van der Waals surface area contributed by atoms with E-state index >= 15 is 0 Å². The molecule has 18 heavy (non-hydrogen) atoms. The van der Waals surface area contributed by atoms with Gasteiger partial charge in [0.15, 0.2) is 0 Å². The van der Waals surface area contributed by atoms with Crippen LogP contribution in [0.1, 0.15) is 32.3 Å². The number of ether oxygens (including phenoxy) is 1. The lowest BCUT2D eigenvalue weighted by Gasteiger charge is -2.25. The van der Waals surface area contributed by atoms with Crippen molar-refractivity contribution in [3.8, 4) is 0 Å². The first-order valence-corrected chi connectivity index (χ1v) is 6.56. The molecule has 0 saturated carbocycles. The minimum atomic E-state index is -0.0128.